The highest BCUT2D eigenvalue weighted by Gasteiger charge is 2.14. The lowest BCUT2D eigenvalue weighted by Gasteiger charge is -2.10. The van der Waals surface area contributed by atoms with Crippen LogP contribution in [0.2, 0.25) is 5.02 Å². The number of hydrogen-bond acceptors (Lipinski definition) is 3. The van der Waals surface area contributed by atoms with E-state index in [0.717, 1.165) is 32.7 Å². The Balaban J connectivity index is 1.65. The molecule has 1 aromatic heterocycles. The van der Waals surface area contributed by atoms with E-state index in [-0.39, 0.29) is 5.91 Å². The molecule has 0 radical (unpaired) electrons. The lowest BCUT2D eigenvalue weighted by molar-refractivity contribution is 0.0956. The van der Waals surface area contributed by atoms with E-state index in [4.69, 9.17) is 17.3 Å². The van der Waals surface area contributed by atoms with Crippen LogP contribution in [0.15, 0.2) is 77.9 Å². The van der Waals surface area contributed by atoms with E-state index in [9.17, 15) is 4.79 Å². The van der Waals surface area contributed by atoms with E-state index >= 15 is 0 Å². The molecule has 4 aromatic rings. The molecule has 0 spiro atoms. The fraction of sp³-hybridized carbons (Fsp3) is 0.0833. The Kier molecular flexibility index (Phi) is 5.55. The maximum Gasteiger partial charge on any atom is 0.273 e. The third kappa shape index (κ3) is 3.80. The number of carbonyl (C=O) groups is 1. The summed E-state index contributed by atoms with van der Waals surface area (Å²) in [6.45, 7) is 2.68. The third-order valence-corrected chi connectivity index (χ3v) is 5.50. The van der Waals surface area contributed by atoms with Crippen LogP contribution in [0.1, 0.15) is 27.2 Å². The largest absolute Gasteiger partial charge is 0.398 e. The molecule has 150 valence electrons. The minimum Gasteiger partial charge on any atom is -0.398 e. The maximum atomic E-state index is 12.4. The molecule has 4 rings (SSSR count). The van der Waals surface area contributed by atoms with Crippen LogP contribution in [0.3, 0.4) is 0 Å². The highest BCUT2D eigenvalue weighted by atomic mass is 35.5. The number of nitrogens with zero attached hydrogens (tertiary/aromatic N) is 2. The van der Waals surface area contributed by atoms with Gasteiger partial charge in [-0.1, -0.05) is 60.1 Å². The molecule has 0 aliphatic heterocycles. The molecule has 5 nitrogen and oxygen atoms in total. The van der Waals surface area contributed by atoms with Gasteiger partial charge in [0.2, 0.25) is 0 Å². The zero-order valence-electron chi connectivity index (χ0n) is 16.5. The average Bonchev–Trinajstić information content (AvgIpc) is 3.01. The number of aromatic nitrogens is 1. The van der Waals surface area contributed by atoms with Crippen LogP contribution in [0.25, 0.3) is 10.9 Å². The van der Waals surface area contributed by atoms with Crippen molar-refractivity contribution in [3.63, 3.8) is 0 Å². The van der Waals surface area contributed by atoms with Crippen LogP contribution in [0.4, 0.5) is 5.69 Å². The number of carbonyl (C=O) groups excluding carboxylic acids is 1. The summed E-state index contributed by atoms with van der Waals surface area (Å²) in [5.74, 6) is -0.346. The van der Waals surface area contributed by atoms with Crippen molar-refractivity contribution in [2.45, 2.75) is 13.5 Å². The topological polar surface area (TPSA) is 72.4 Å². The van der Waals surface area contributed by atoms with E-state index in [0.29, 0.717) is 17.8 Å². The Morgan fingerprint density at radius 2 is 1.77 bits per heavy atom. The lowest BCUT2D eigenvalue weighted by Crippen LogP contribution is -2.19. The first kappa shape index (κ1) is 19.7. The van der Waals surface area contributed by atoms with Crippen molar-refractivity contribution in [3.8, 4) is 0 Å². The Morgan fingerprint density at radius 3 is 2.57 bits per heavy atom. The summed E-state index contributed by atoms with van der Waals surface area (Å²) in [7, 11) is 0. The van der Waals surface area contributed by atoms with Gasteiger partial charge in [-0.2, -0.15) is 5.10 Å². The molecule has 3 aromatic carbocycles. The smallest absolute Gasteiger partial charge is 0.273 e. The molecule has 0 fully saturated rings. The van der Waals surface area contributed by atoms with Crippen LogP contribution < -0.4 is 11.2 Å². The Labute approximate surface area is 179 Å². The zero-order valence-corrected chi connectivity index (χ0v) is 17.2. The summed E-state index contributed by atoms with van der Waals surface area (Å²) >= 11 is 6.38. The molecule has 0 bridgehead atoms. The van der Waals surface area contributed by atoms with Crippen molar-refractivity contribution < 1.29 is 4.79 Å². The van der Waals surface area contributed by atoms with E-state index in [2.05, 4.69) is 21.2 Å². The van der Waals surface area contributed by atoms with Gasteiger partial charge in [0.1, 0.15) is 0 Å². The number of nitrogens with two attached hydrogens (primary N) is 1. The van der Waals surface area contributed by atoms with E-state index in [1.807, 2.05) is 49.4 Å². The maximum absolute atomic E-state index is 12.4. The fourth-order valence-corrected chi connectivity index (χ4v) is 3.74. The third-order valence-electron chi connectivity index (χ3n) is 5.13. The minimum atomic E-state index is -0.346. The molecule has 0 saturated heterocycles. The molecule has 0 aliphatic rings. The van der Waals surface area contributed by atoms with Crippen LogP contribution in [0.5, 0.6) is 0 Å². The second-order valence-corrected chi connectivity index (χ2v) is 7.39. The number of amides is 1. The Hall–Kier alpha value is -3.57. The molecule has 3 N–H and O–H groups in total. The van der Waals surface area contributed by atoms with Gasteiger partial charge in [-0.3, -0.25) is 4.79 Å². The molecule has 1 heterocycles. The first-order chi connectivity index (χ1) is 14.6. The van der Waals surface area contributed by atoms with Gasteiger partial charge in [0, 0.05) is 39.4 Å². The number of anilines is 1. The average molecular weight is 417 g/mol. The van der Waals surface area contributed by atoms with Crippen LogP contribution >= 0.6 is 11.6 Å². The number of para-hydroxylation sites is 2. The number of rotatable bonds is 5. The van der Waals surface area contributed by atoms with Crippen LogP contribution in [-0.2, 0) is 6.54 Å². The van der Waals surface area contributed by atoms with E-state index < -0.39 is 0 Å². The first-order valence-electron chi connectivity index (χ1n) is 9.55. The number of hydrazone groups is 1. The van der Waals surface area contributed by atoms with Gasteiger partial charge in [-0.25, -0.2) is 5.43 Å². The monoisotopic (exact) mass is 416 g/mol. The standard InChI is InChI=1S/C24H21ClN4O/c1-16-20(14-27-28-24(30)19-10-3-6-12-22(19)26)18-9-4-7-13-23(18)29(16)15-17-8-2-5-11-21(17)25/h2-14H,15,26H2,1H3,(H,28,30)/b27-14-. The van der Waals surface area contributed by atoms with Gasteiger partial charge < -0.3 is 10.3 Å². The second kappa shape index (κ2) is 8.43. The minimum absolute atomic E-state index is 0.346. The molecule has 1 amide bonds. The van der Waals surface area contributed by atoms with Gasteiger partial charge in [-0.15, -0.1) is 0 Å². The lowest BCUT2D eigenvalue weighted by atomic mass is 10.1. The molecule has 0 aliphatic carbocycles. The second-order valence-electron chi connectivity index (χ2n) is 6.98. The van der Waals surface area contributed by atoms with Crippen molar-refractivity contribution in [1.29, 1.82) is 0 Å². The summed E-state index contributed by atoms with van der Waals surface area (Å²) in [5, 5.41) is 5.98. The number of benzene rings is 3. The van der Waals surface area contributed by atoms with Gasteiger partial charge in [0.25, 0.3) is 5.91 Å². The number of hydrogen-bond donors (Lipinski definition) is 2. The number of halogens is 1. The zero-order chi connectivity index (χ0) is 21.1. The molecule has 0 unspecified atom stereocenters. The Bertz CT molecular complexity index is 1260. The summed E-state index contributed by atoms with van der Waals surface area (Å²) in [6, 6.07) is 22.8. The molecular formula is C24H21ClN4O. The fourth-order valence-electron chi connectivity index (χ4n) is 3.54. The number of nitrogens with one attached hydrogen (secondary N) is 1. The summed E-state index contributed by atoms with van der Waals surface area (Å²) in [5.41, 5.74) is 13.3. The number of fused-ring (bicyclic) bond motifs is 1. The SMILES string of the molecule is Cc1c(/C=N\NC(=O)c2ccccc2N)c2ccccc2n1Cc1ccccc1Cl. The highest BCUT2D eigenvalue weighted by molar-refractivity contribution is 6.31. The quantitative estimate of drug-likeness (QED) is 0.273. The molecule has 30 heavy (non-hydrogen) atoms. The van der Waals surface area contributed by atoms with Gasteiger partial charge in [0.05, 0.1) is 11.8 Å². The van der Waals surface area contributed by atoms with Crippen molar-refractivity contribution in [2.75, 3.05) is 5.73 Å². The molecule has 0 saturated carbocycles. The predicted octanol–water partition coefficient (Wildman–Crippen LogP) is 5.00. The van der Waals surface area contributed by atoms with E-state index in [1.54, 1.807) is 30.5 Å². The van der Waals surface area contributed by atoms with Crippen molar-refractivity contribution >= 4 is 40.3 Å². The van der Waals surface area contributed by atoms with Crippen molar-refractivity contribution in [2.24, 2.45) is 5.10 Å². The predicted molar refractivity (Wildman–Crippen MR) is 123 cm³/mol. The summed E-state index contributed by atoms with van der Waals surface area (Å²) in [4.78, 5) is 12.4. The van der Waals surface area contributed by atoms with Gasteiger partial charge in [-0.05, 0) is 36.8 Å². The van der Waals surface area contributed by atoms with Gasteiger partial charge >= 0.3 is 0 Å². The highest BCUT2D eigenvalue weighted by Crippen LogP contribution is 2.27. The van der Waals surface area contributed by atoms with Gasteiger partial charge in [0.15, 0.2) is 0 Å². The van der Waals surface area contributed by atoms with E-state index in [1.165, 1.54) is 0 Å². The summed E-state index contributed by atoms with van der Waals surface area (Å²) < 4.78 is 2.20. The van der Waals surface area contributed by atoms with Crippen molar-refractivity contribution in [1.82, 2.24) is 9.99 Å². The van der Waals surface area contributed by atoms with Crippen LogP contribution in [-0.4, -0.2) is 16.7 Å². The normalized spacial score (nSPS) is 11.3. The van der Waals surface area contributed by atoms with Crippen LogP contribution in [0, 0.1) is 6.92 Å². The molecule has 6 heteroatoms. The molecular weight excluding hydrogens is 396 g/mol. The van der Waals surface area contributed by atoms with Crippen molar-refractivity contribution in [3.05, 3.63) is 100 Å². The Morgan fingerprint density at radius 1 is 1.07 bits per heavy atom. The molecule has 0 atom stereocenters. The number of nitrogen functional groups attached to an aromatic ring is 1. The first-order valence-corrected chi connectivity index (χ1v) is 9.93. The summed E-state index contributed by atoms with van der Waals surface area (Å²) in [6.07, 6.45) is 1.68.